The van der Waals surface area contributed by atoms with Gasteiger partial charge in [-0.15, -0.1) is 0 Å². The van der Waals surface area contributed by atoms with Crippen molar-refractivity contribution in [3.63, 3.8) is 0 Å². The van der Waals surface area contributed by atoms with E-state index in [0.29, 0.717) is 5.56 Å². The molecule has 2 heteroatoms. The predicted molar refractivity (Wildman–Crippen MR) is 116 cm³/mol. The van der Waals surface area contributed by atoms with Crippen molar-refractivity contribution < 1.29 is 10.2 Å². The van der Waals surface area contributed by atoms with E-state index in [9.17, 15) is 10.2 Å². The van der Waals surface area contributed by atoms with Crippen LogP contribution in [0.25, 0.3) is 0 Å². The first-order valence-electron chi connectivity index (χ1n) is 10.8. The van der Waals surface area contributed by atoms with Gasteiger partial charge in [-0.1, -0.05) is 75.7 Å². The van der Waals surface area contributed by atoms with Gasteiger partial charge < -0.3 is 10.2 Å². The van der Waals surface area contributed by atoms with E-state index in [0.717, 1.165) is 30.4 Å². The third kappa shape index (κ3) is 6.16. The molecule has 0 aromatic heterocycles. The lowest BCUT2D eigenvalue weighted by atomic mass is 9.83. The molecule has 0 aliphatic heterocycles. The zero-order valence-corrected chi connectivity index (χ0v) is 17.6. The molecular formula is C25H38O2. The molecule has 2 N–H and O–H groups in total. The Balaban J connectivity index is 1.92. The van der Waals surface area contributed by atoms with Crippen molar-refractivity contribution >= 4 is 0 Å². The standard InChI is InChI=1S/C25H38O2/c1-5-6-7-8-9-10-11-12-13-20-16-23(26)25(24(27)17-20)22-15-19(4)14-21(22)18(2)3/h15-17,21-22,26-27H,2,5-14H2,1,3-4H3. The summed E-state index contributed by atoms with van der Waals surface area (Å²) in [6, 6.07) is 3.71. The fourth-order valence-electron chi connectivity index (χ4n) is 4.36. The molecule has 2 unspecified atom stereocenters. The molecule has 2 nitrogen and oxygen atoms in total. The van der Waals surface area contributed by atoms with Crippen LogP contribution in [0.5, 0.6) is 11.5 Å². The average Bonchev–Trinajstić information content (AvgIpc) is 2.98. The number of aryl methyl sites for hydroxylation is 1. The largest absolute Gasteiger partial charge is 0.507 e. The maximum atomic E-state index is 10.6. The SMILES string of the molecule is C=C(C)C1CC(C)=CC1c1c(O)cc(CCCCCCCCCC)cc1O. The zero-order chi connectivity index (χ0) is 19.8. The molecule has 0 saturated carbocycles. The highest BCUT2D eigenvalue weighted by molar-refractivity contribution is 5.52. The molecule has 0 saturated heterocycles. The zero-order valence-electron chi connectivity index (χ0n) is 17.6. The van der Waals surface area contributed by atoms with Gasteiger partial charge in [0.1, 0.15) is 11.5 Å². The Morgan fingerprint density at radius 3 is 2.11 bits per heavy atom. The Morgan fingerprint density at radius 2 is 1.56 bits per heavy atom. The number of rotatable bonds is 11. The predicted octanol–water partition coefficient (Wildman–Crippen LogP) is 7.41. The highest BCUT2D eigenvalue weighted by Gasteiger charge is 2.31. The third-order valence-electron chi connectivity index (χ3n) is 5.92. The van der Waals surface area contributed by atoms with Crippen molar-refractivity contribution in [3.05, 3.63) is 47.1 Å². The van der Waals surface area contributed by atoms with E-state index < -0.39 is 0 Å². The molecule has 0 heterocycles. The summed E-state index contributed by atoms with van der Waals surface area (Å²) < 4.78 is 0. The van der Waals surface area contributed by atoms with E-state index in [-0.39, 0.29) is 23.3 Å². The lowest BCUT2D eigenvalue weighted by molar-refractivity contribution is 0.422. The second-order valence-corrected chi connectivity index (χ2v) is 8.47. The number of aromatic hydroxyl groups is 2. The maximum Gasteiger partial charge on any atom is 0.123 e. The van der Waals surface area contributed by atoms with Gasteiger partial charge in [0.15, 0.2) is 0 Å². The third-order valence-corrected chi connectivity index (χ3v) is 5.92. The van der Waals surface area contributed by atoms with E-state index >= 15 is 0 Å². The van der Waals surface area contributed by atoms with E-state index in [4.69, 9.17) is 0 Å². The summed E-state index contributed by atoms with van der Waals surface area (Å²) >= 11 is 0. The van der Waals surface area contributed by atoms with Crippen LogP contribution in [0, 0.1) is 5.92 Å². The summed E-state index contributed by atoms with van der Waals surface area (Å²) in [4.78, 5) is 0. The van der Waals surface area contributed by atoms with Crippen LogP contribution in [0.1, 0.15) is 95.6 Å². The molecule has 1 aromatic rings. The average molecular weight is 371 g/mol. The smallest absolute Gasteiger partial charge is 0.123 e. The van der Waals surface area contributed by atoms with Crippen LogP contribution in [0.4, 0.5) is 0 Å². The van der Waals surface area contributed by atoms with Crippen LogP contribution in [0.2, 0.25) is 0 Å². The van der Waals surface area contributed by atoms with Gasteiger partial charge >= 0.3 is 0 Å². The summed E-state index contributed by atoms with van der Waals surface area (Å²) in [6.07, 6.45) is 14.4. The molecule has 27 heavy (non-hydrogen) atoms. The number of phenols is 2. The first-order valence-corrected chi connectivity index (χ1v) is 10.8. The second kappa shape index (κ2) is 10.6. The molecule has 1 aromatic carbocycles. The van der Waals surface area contributed by atoms with Crippen LogP contribution in [-0.2, 0) is 6.42 Å². The van der Waals surface area contributed by atoms with Crippen LogP contribution in [-0.4, -0.2) is 10.2 Å². The van der Waals surface area contributed by atoms with Crippen LogP contribution in [0.3, 0.4) is 0 Å². The summed E-state index contributed by atoms with van der Waals surface area (Å²) in [7, 11) is 0. The van der Waals surface area contributed by atoms with Gasteiger partial charge in [-0.05, 0) is 56.7 Å². The fraction of sp³-hybridized carbons (Fsp3) is 0.600. The van der Waals surface area contributed by atoms with Gasteiger partial charge in [0, 0.05) is 11.5 Å². The second-order valence-electron chi connectivity index (χ2n) is 8.47. The van der Waals surface area contributed by atoms with E-state index in [1.165, 1.54) is 50.5 Å². The first-order chi connectivity index (χ1) is 12.9. The lowest BCUT2D eigenvalue weighted by Gasteiger charge is -2.22. The Labute approximate surface area is 166 Å². The van der Waals surface area contributed by atoms with Crippen molar-refractivity contribution in [1.82, 2.24) is 0 Å². The monoisotopic (exact) mass is 370 g/mol. The van der Waals surface area contributed by atoms with Gasteiger partial charge in [-0.2, -0.15) is 0 Å². The molecule has 0 radical (unpaired) electrons. The molecule has 1 aliphatic carbocycles. The highest BCUT2D eigenvalue weighted by atomic mass is 16.3. The Hall–Kier alpha value is -1.70. The molecule has 150 valence electrons. The maximum absolute atomic E-state index is 10.6. The summed E-state index contributed by atoms with van der Waals surface area (Å²) in [5.74, 6) is 0.749. The van der Waals surface area contributed by atoms with Gasteiger partial charge in [-0.25, -0.2) is 0 Å². The van der Waals surface area contributed by atoms with Gasteiger partial charge in [-0.3, -0.25) is 0 Å². The topological polar surface area (TPSA) is 40.5 Å². The molecular weight excluding hydrogens is 332 g/mol. The Morgan fingerprint density at radius 1 is 1.00 bits per heavy atom. The quantitative estimate of drug-likeness (QED) is 0.314. The fourth-order valence-corrected chi connectivity index (χ4v) is 4.36. The Bertz CT molecular complexity index is 633. The van der Waals surface area contributed by atoms with Crippen molar-refractivity contribution in [2.45, 2.75) is 90.9 Å². The summed E-state index contributed by atoms with van der Waals surface area (Å²) in [6.45, 7) is 10.5. The van der Waals surface area contributed by atoms with E-state index in [1.54, 1.807) is 0 Å². The minimum atomic E-state index is 0.0275. The van der Waals surface area contributed by atoms with E-state index in [2.05, 4.69) is 26.5 Å². The van der Waals surface area contributed by atoms with Gasteiger partial charge in [0.05, 0.1) is 0 Å². The highest BCUT2D eigenvalue weighted by Crippen LogP contribution is 2.47. The van der Waals surface area contributed by atoms with Crippen molar-refractivity contribution in [2.75, 3.05) is 0 Å². The first kappa shape index (κ1) is 21.6. The van der Waals surface area contributed by atoms with Crippen LogP contribution >= 0.6 is 0 Å². The number of allylic oxidation sites excluding steroid dienone is 3. The molecule has 2 atom stereocenters. The summed E-state index contributed by atoms with van der Waals surface area (Å²) in [5, 5.41) is 21.2. The summed E-state index contributed by atoms with van der Waals surface area (Å²) in [5.41, 5.74) is 4.11. The number of hydrogen-bond donors (Lipinski definition) is 2. The number of benzene rings is 1. The Kier molecular flexibility index (Phi) is 8.47. The number of phenolic OH excluding ortho intramolecular Hbond substituents is 2. The van der Waals surface area contributed by atoms with Crippen molar-refractivity contribution in [1.29, 1.82) is 0 Å². The number of hydrogen-bond acceptors (Lipinski definition) is 2. The normalized spacial score (nSPS) is 19.3. The minimum absolute atomic E-state index is 0.0275. The number of unbranched alkanes of at least 4 members (excludes halogenated alkanes) is 7. The molecule has 0 bridgehead atoms. The lowest BCUT2D eigenvalue weighted by Crippen LogP contribution is -2.08. The molecule has 0 amide bonds. The van der Waals surface area contributed by atoms with E-state index in [1.807, 2.05) is 19.1 Å². The molecule has 0 spiro atoms. The van der Waals surface area contributed by atoms with Gasteiger partial charge in [0.2, 0.25) is 0 Å². The van der Waals surface area contributed by atoms with Crippen molar-refractivity contribution in [3.8, 4) is 11.5 Å². The molecule has 2 rings (SSSR count). The molecule has 0 fully saturated rings. The molecule has 1 aliphatic rings. The minimum Gasteiger partial charge on any atom is -0.507 e. The van der Waals surface area contributed by atoms with Crippen LogP contribution < -0.4 is 0 Å². The van der Waals surface area contributed by atoms with Crippen LogP contribution in [0.15, 0.2) is 35.9 Å². The van der Waals surface area contributed by atoms with Gasteiger partial charge in [0.25, 0.3) is 0 Å². The van der Waals surface area contributed by atoms with Crippen molar-refractivity contribution in [2.24, 2.45) is 5.92 Å².